The third kappa shape index (κ3) is 8.86. The topological polar surface area (TPSA) is 96.0 Å². The van der Waals surface area contributed by atoms with E-state index in [1.807, 2.05) is 58.0 Å². The van der Waals surface area contributed by atoms with E-state index in [0.717, 1.165) is 21.7 Å². The predicted molar refractivity (Wildman–Crippen MR) is 169 cm³/mol. The molecule has 0 aliphatic rings. The lowest BCUT2D eigenvalue weighted by Crippen LogP contribution is -2.56. The Bertz CT molecular complexity index is 1510. The van der Waals surface area contributed by atoms with Crippen molar-refractivity contribution in [2.24, 2.45) is 0 Å². The molecule has 2 amide bonds. The summed E-state index contributed by atoms with van der Waals surface area (Å²) in [6, 6.07) is 18.3. The maximum absolute atomic E-state index is 14.3. The summed E-state index contributed by atoms with van der Waals surface area (Å²) in [5.41, 5.74) is 1.64. The number of rotatable bonds is 11. The Hall–Kier alpha value is -3.27. The van der Waals surface area contributed by atoms with E-state index >= 15 is 0 Å². The molecule has 0 saturated carbocycles. The number of methoxy groups -OCH3 is 1. The quantitative estimate of drug-likeness (QED) is 0.295. The number of carbonyl (C=O) groups is 2. The molecule has 8 nitrogen and oxygen atoms in total. The summed E-state index contributed by atoms with van der Waals surface area (Å²) in [6.07, 6.45) is 1.19. The van der Waals surface area contributed by atoms with E-state index in [2.05, 4.69) is 5.32 Å². The minimum Gasteiger partial charge on any atom is -0.495 e. The van der Waals surface area contributed by atoms with Crippen LogP contribution in [0.15, 0.2) is 66.7 Å². The van der Waals surface area contributed by atoms with Crippen LogP contribution in [0.1, 0.15) is 37.5 Å². The van der Waals surface area contributed by atoms with Crippen LogP contribution in [0.2, 0.25) is 10.0 Å². The van der Waals surface area contributed by atoms with E-state index in [4.69, 9.17) is 27.9 Å². The van der Waals surface area contributed by atoms with Crippen LogP contribution in [0.3, 0.4) is 0 Å². The highest BCUT2D eigenvalue weighted by Gasteiger charge is 2.35. The first-order valence-corrected chi connectivity index (χ1v) is 15.9. The SMILES string of the molecule is COc1ccc(C)cc1N(CC(=O)N(Cc1c(Cl)cccc1Cl)C(Cc1ccccc1)C(=O)NC(C)(C)C)S(C)(=O)=O. The molecular formula is C31H37Cl2N3O5S. The molecule has 0 radical (unpaired) electrons. The number of benzene rings is 3. The van der Waals surface area contributed by atoms with E-state index in [-0.39, 0.29) is 24.4 Å². The highest BCUT2D eigenvalue weighted by molar-refractivity contribution is 7.92. The number of sulfonamides is 1. The molecule has 42 heavy (non-hydrogen) atoms. The van der Waals surface area contributed by atoms with Gasteiger partial charge in [0.1, 0.15) is 18.3 Å². The lowest BCUT2D eigenvalue weighted by atomic mass is 10.0. The number of aryl methyl sites for hydroxylation is 1. The molecule has 1 unspecified atom stereocenters. The molecule has 3 rings (SSSR count). The number of halogens is 2. The highest BCUT2D eigenvalue weighted by Crippen LogP contribution is 2.32. The van der Waals surface area contributed by atoms with Crippen LogP contribution in [0, 0.1) is 6.92 Å². The van der Waals surface area contributed by atoms with Gasteiger partial charge in [-0.05, 0) is 63.1 Å². The van der Waals surface area contributed by atoms with Gasteiger partial charge in [-0.1, -0.05) is 65.7 Å². The number of anilines is 1. The molecular weight excluding hydrogens is 597 g/mol. The molecule has 226 valence electrons. The van der Waals surface area contributed by atoms with Crippen LogP contribution in [0.25, 0.3) is 0 Å². The van der Waals surface area contributed by atoms with Gasteiger partial charge in [0.15, 0.2) is 0 Å². The van der Waals surface area contributed by atoms with Gasteiger partial charge in [0.05, 0.1) is 19.1 Å². The van der Waals surface area contributed by atoms with Crippen molar-refractivity contribution in [2.75, 3.05) is 24.2 Å². The first-order valence-electron chi connectivity index (χ1n) is 13.3. The largest absolute Gasteiger partial charge is 0.495 e. The van der Waals surface area contributed by atoms with Gasteiger partial charge in [0, 0.05) is 34.1 Å². The predicted octanol–water partition coefficient (Wildman–Crippen LogP) is 5.63. The normalized spacial score (nSPS) is 12.4. The molecule has 11 heteroatoms. The maximum atomic E-state index is 14.3. The van der Waals surface area contributed by atoms with E-state index in [1.165, 1.54) is 12.0 Å². The lowest BCUT2D eigenvalue weighted by Gasteiger charge is -2.35. The number of nitrogens with zero attached hydrogens (tertiary/aromatic N) is 2. The third-order valence-corrected chi connectivity index (χ3v) is 8.28. The molecule has 0 spiro atoms. The Morgan fingerprint density at radius 3 is 2.14 bits per heavy atom. The molecule has 3 aromatic rings. The zero-order chi connectivity index (χ0) is 31.2. The van der Waals surface area contributed by atoms with Crippen molar-refractivity contribution in [3.8, 4) is 5.75 Å². The lowest BCUT2D eigenvalue weighted by molar-refractivity contribution is -0.140. The molecule has 0 aliphatic heterocycles. The van der Waals surface area contributed by atoms with Gasteiger partial charge >= 0.3 is 0 Å². The molecule has 0 fully saturated rings. The van der Waals surface area contributed by atoms with Gasteiger partial charge in [0.25, 0.3) is 0 Å². The summed E-state index contributed by atoms with van der Waals surface area (Å²) in [6.45, 7) is 6.62. The number of nitrogens with one attached hydrogen (secondary N) is 1. The molecule has 3 aromatic carbocycles. The monoisotopic (exact) mass is 633 g/mol. The minimum absolute atomic E-state index is 0.130. The van der Waals surface area contributed by atoms with Crippen molar-refractivity contribution in [1.82, 2.24) is 10.2 Å². The smallest absolute Gasteiger partial charge is 0.244 e. The molecule has 0 aliphatic carbocycles. The maximum Gasteiger partial charge on any atom is 0.244 e. The van der Waals surface area contributed by atoms with Crippen molar-refractivity contribution in [2.45, 2.75) is 52.2 Å². The summed E-state index contributed by atoms with van der Waals surface area (Å²) in [7, 11) is -2.54. The second-order valence-electron chi connectivity index (χ2n) is 11.1. The van der Waals surface area contributed by atoms with Crippen LogP contribution in [0.4, 0.5) is 5.69 Å². The Labute approximate surface area is 258 Å². The fourth-order valence-electron chi connectivity index (χ4n) is 4.45. The van der Waals surface area contributed by atoms with Gasteiger partial charge in [-0.3, -0.25) is 13.9 Å². The summed E-state index contributed by atoms with van der Waals surface area (Å²) < 4.78 is 32.6. The first kappa shape index (κ1) is 33.2. The minimum atomic E-state index is -3.97. The number of hydrogen-bond donors (Lipinski definition) is 1. The summed E-state index contributed by atoms with van der Waals surface area (Å²) >= 11 is 13.0. The third-order valence-electron chi connectivity index (χ3n) is 6.44. The Morgan fingerprint density at radius 1 is 0.976 bits per heavy atom. The van der Waals surface area contributed by atoms with Gasteiger partial charge < -0.3 is 15.0 Å². The van der Waals surface area contributed by atoms with E-state index in [0.29, 0.717) is 15.6 Å². The van der Waals surface area contributed by atoms with Crippen molar-refractivity contribution in [1.29, 1.82) is 0 Å². The van der Waals surface area contributed by atoms with Crippen LogP contribution >= 0.6 is 23.2 Å². The molecule has 0 aromatic heterocycles. The van der Waals surface area contributed by atoms with Crippen LogP contribution in [-0.4, -0.2) is 56.6 Å². The van der Waals surface area contributed by atoms with E-state index in [1.54, 1.807) is 36.4 Å². The average molecular weight is 635 g/mol. The van der Waals surface area contributed by atoms with Crippen LogP contribution in [-0.2, 0) is 32.6 Å². The molecule has 0 bridgehead atoms. The molecule has 1 atom stereocenters. The summed E-state index contributed by atoms with van der Waals surface area (Å²) in [5.74, 6) is -0.738. The standard InChI is InChI=1S/C31H37Cl2N3O5S/c1-21-15-16-28(41-5)26(17-21)36(42(6,39)40)20-29(37)35(19-23-24(32)13-10-14-25(23)33)27(30(38)34-31(2,3)4)18-22-11-8-7-9-12-22/h7-17,27H,18-20H2,1-6H3,(H,34,38). The fourth-order valence-corrected chi connectivity index (χ4v) is 5.81. The van der Waals surface area contributed by atoms with Crippen molar-refractivity contribution >= 4 is 50.7 Å². The molecule has 1 N–H and O–H groups in total. The summed E-state index contributed by atoms with van der Waals surface area (Å²) in [4.78, 5) is 29.5. The van der Waals surface area contributed by atoms with Crippen LogP contribution in [0.5, 0.6) is 5.75 Å². The first-order chi connectivity index (χ1) is 19.6. The number of carbonyl (C=O) groups excluding carboxylic acids is 2. The molecule has 0 saturated heterocycles. The zero-order valence-electron chi connectivity index (χ0n) is 24.6. The Morgan fingerprint density at radius 2 is 1.60 bits per heavy atom. The second-order valence-corrected chi connectivity index (χ2v) is 13.8. The fraction of sp³-hybridized carbons (Fsp3) is 0.355. The van der Waals surface area contributed by atoms with Gasteiger partial charge in [-0.25, -0.2) is 8.42 Å². The number of ether oxygens (including phenoxy) is 1. The number of hydrogen-bond acceptors (Lipinski definition) is 5. The van der Waals surface area contributed by atoms with Crippen LogP contribution < -0.4 is 14.4 Å². The van der Waals surface area contributed by atoms with Gasteiger partial charge in [0.2, 0.25) is 21.8 Å². The van der Waals surface area contributed by atoms with Gasteiger partial charge in [-0.15, -0.1) is 0 Å². The number of amides is 2. The molecule has 0 heterocycles. The van der Waals surface area contributed by atoms with E-state index < -0.39 is 40.0 Å². The average Bonchev–Trinajstić information content (AvgIpc) is 2.89. The van der Waals surface area contributed by atoms with Crippen molar-refractivity contribution < 1.29 is 22.7 Å². The summed E-state index contributed by atoms with van der Waals surface area (Å²) in [5, 5.41) is 3.61. The Kier molecular flexibility index (Phi) is 10.9. The van der Waals surface area contributed by atoms with Gasteiger partial charge in [-0.2, -0.15) is 0 Å². The Balaban J connectivity index is 2.16. The van der Waals surface area contributed by atoms with Crippen molar-refractivity contribution in [3.05, 3.63) is 93.5 Å². The second kappa shape index (κ2) is 13.8. The zero-order valence-corrected chi connectivity index (χ0v) is 27.0. The highest BCUT2D eigenvalue weighted by atomic mass is 35.5. The van der Waals surface area contributed by atoms with E-state index in [9.17, 15) is 18.0 Å². The van der Waals surface area contributed by atoms with Crippen molar-refractivity contribution in [3.63, 3.8) is 0 Å².